The number of ether oxygens (including phenoxy) is 3. The first-order chi connectivity index (χ1) is 15.7. The van der Waals surface area contributed by atoms with Crippen molar-refractivity contribution < 1.29 is 37.3 Å². The van der Waals surface area contributed by atoms with Crippen LogP contribution in [0.1, 0.15) is 21.5 Å². The van der Waals surface area contributed by atoms with E-state index in [0.717, 1.165) is 12.1 Å². The number of allylic oxidation sites excluding steroid dienone is 1. The third-order valence-corrected chi connectivity index (χ3v) is 4.92. The number of phenolic OH excluding ortho intramolecular Hbond substituents is 1. The summed E-state index contributed by atoms with van der Waals surface area (Å²) in [4.78, 5) is 12.8. The van der Waals surface area contributed by atoms with Crippen molar-refractivity contribution in [3.05, 3.63) is 77.4 Å². The predicted molar refractivity (Wildman–Crippen MR) is 118 cm³/mol. The van der Waals surface area contributed by atoms with Gasteiger partial charge in [-0.05, 0) is 59.2 Å². The van der Waals surface area contributed by atoms with E-state index in [1.807, 2.05) is 0 Å². The van der Waals surface area contributed by atoms with E-state index in [2.05, 4.69) is 0 Å². The van der Waals surface area contributed by atoms with Gasteiger partial charge in [0.2, 0.25) is 5.75 Å². The molecule has 1 N–H and O–H groups in total. The van der Waals surface area contributed by atoms with Crippen LogP contribution in [0.25, 0.3) is 17.2 Å². The third-order valence-electron chi connectivity index (χ3n) is 4.92. The minimum Gasteiger partial charge on any atom is -0.507 e. The molecule has 0 spiro atoms. The third kappa shape index (κ3) is 5.28. The molecule has 0 atom stereocenters. The molecule has 0 saturated heterocycles. The SMILES string of the molecule is COc1cc(/C=C/C(=O)c2cc(-c3ccc(C(F)(F)F)cc3)ccc2O)cc(OC)c1OC. The van der Waals surface area contributed by atoms with Crippen LogP contribution in [-0.2, 0) is 6.18 Å². The van der Waals surface area contributed by atoms with Crippen molar-refractivity contribution in [3.8, 4) is 34.1 Å². The van der Waals surface area contributed by atoms with Gasteiger partial charge in [-0.1, -0.05) is 24.3 Å². The fraction of sp³-hybridized carbons (Fsp3) is 0.160. The zero-order valence-corrected chi connectivity index (χ0v) is 18.1. The summed E-state index contributed by atoms with van der Waals surface area (Å²) in [7, 11) is 4.42. The number of ketones is 1. The highest BCUT2D eigenvalue weighted by Gasteiger charge is 2.30. The molecule has 0 saturated carbocycles. The van der Waals surface area contributed by atoms with Gasteiger partial charge in [0.15, 0.2) is 17.3 Å². The van der Waals surface area contributed by atoms with E-state index < -0.39 is 17.5 Å². The van der Waals surface area contributed by atoms with Crippen molar-refractivity contribution in [2.45, 2.75) is 6.18 Å². The number of carbonyl (C=O) groups excluding carboxylic acids is 1. The monoisotopic (exact) mass is 458 g/mol. The first-order valence-corrected chi connectivity index (χ1v) is 9.71. The number of aromatic hydroxyl groups is 1. The van der Waals surface area contributed by atoms with Gasteiger partial charge in [0, 0.05) is 0 Å². The van der Waals surface area contributed by atoms with Crippen molar-refractivity contribution in [2.24, 2.45) is 0 Å². The summed E-state index contributed by atoms with van der Waals surface area (Å²) in [5.74, 6) is 0.498. The Bertz CT molecular complexity index is 1160. The summed E-state index contributed by atoms with van der Waals surface area (Å²) in [6.07, 6.45) is -1.64. The topological polar surface area (TPSA) is 65.0 Å². The number of hydrogen-bond donors (Lipinski definition) is 1. The average molecular weight is 458 g/mol. The predicted octanol–water partition coefficient (Wildman–Crippen LogP) is 6.00. The highest BCUT2D eigenvalue weighted by Crippen LogP contribution is 2.38. The van der Waals surface area contributed by atoms with Gasteiger partial charge in [0.25, 0.3) is 0 Å². The fourth-order valence-electron chi connectivity index (χ4n) is 3.22. The van der Waals surface area contributed by atoms with E-state index in [0.29, 0.717) is 33.9 Å². The molecule has 0 aromatic heterocycles. The van der Waals surface area contributed by atoms with Crippen molar-refractivity contribution in [1.29, 1.82) is 0 Å². The number of hydrogen-bond acceptors (Lipinski definition) is 5. The van der Waals surface area contributed by atoms with Crippen LogP contribution in [-0.4, -0.2) is 32.2 Å². The van der Waals surface area contributed by atoms with Crippen LogP contribution in [0.4, 0.5) is 13.2 Å². The summed E-state index contributed by atoms with van der Waals surface area (Å²) in [5, 5.41) is 10.2. The van der Waals surface area contributed by atoms with Crippen LogP contribution in [0.2, 0.25) is 0 Å². The maximum atomic E-state index is 12.8. The van der Waals surface area contributed by atoms with Gasteiger partial charge in [-0.3, -0.25) is 4.79 Å². The largest absolute Gasteiger partial charge is 0.507 e. The lowest BCUT2D eigenvalue weighted by Gasteiger charge is -2.12. The highest BCUT2D eigenvalue weighted by atomic mass is 19.4. The number of carbonyl (C=O) groups is 1. The molecule has 3 aromatic rings. The molecule has 0 aliphatic carbocycles. The van der Waals surface area contributed by atoms with Crippen LogP contribution in [0.3, 0.4) is 0 Å². The van der Waals surface area contributed by atoms with Gasteiger partial charge in [0.1, 0.15) is 5.75 Å². The Kier molecular flexibility index (Phi) is 6.96. The van der Waals surface area contributed by atoms with Crippen LogP contribution >= 0.6 is 0 Å². The van der Waals surface area contributed by atoms with Crippen molar-refractivity contribution in [2.75, 3.05) is 21.3 Å². The zero-order chi connectivity index (χ0) is 24.2. The molecule has 0 fully saturated rings. The lowest BCUT2D eigenvalue weighted by molar-refractivity contribution is -0.137. The van der Waals surface area contributed by atoms with E-state index >= 15 is 0 Å². The Hall–Kier alpha value is -3.94. The van der Waals surface area contributed by atoms with Gasteiger partial charge >= 0.3 is 6.18 Å². The molecule has 3 aromatic carbocycles. The highest BCUT2D eigenvalue weighted by molar-refractivity contribution is 6.09. The number of phenols is 1. The zero-order valence-electron chi connectivity index (χ0n) is 18.1. The maximum Gasteiger partial charge on any atom is 0.416 e. The Morgan fingerprint density at radius 2 is 1.42 bits per heavy atom. The van der Waals surface area contributed by atoms with Gasteiger partial charge in [-0.25, -0.2) is 0 Å². The number of methoxy groups -OCH3 is 3. The van der Waals surface area contributed by atoms with Gasteiger partial charge < -0.3 is 19.3 Å². The van der Waals surface area contributed by atoms with E-state index in [4.69, 9.17) is 14.2 Å². The van der Waals surface area contributed by atoms with Crippen LogP contribution in [0.5, 0.6) is 23.0 Å². The number of halogens is 3. The number of alkyl halides is 3. The Labute approximate surface area is 188 Å². The smallest absolute Gasteiger partial charge is 0.416 e. The quantitative estimate of drug-likeness (QED) is 0.348. The molecule has 0 heterocycles. The van der Waals surface area contributed by atoms with E-state index in [-0.39, 0.29) is 11.3 Å². The van der Waals surface area contributed by atoms with E-state index in [1.54, 1.807) is 12.1 Å². The average Bonchev–Trinajstić information content (AvgIpc) is 2.81. The fourth-order valence-corrected chi connectivity index (χ4v) is 3.22. The molecule has 0 bridgehead atoms. The van der Waals surface area contributed by atoms with Gasteiger partial charge in [-0.2, -0.15) is 13.2 Å². The molecule has 0 aliphatic rings. The molecule has 0 aliphatic heterocycles. The summed E-state index contributed by atoms with van der Waals surface area (Å²) >= 11 is 0. The molecule has 0 amide bonds. The molecular weight excluding hydrogens is 437 g/mol. The minimum absolute atomic E-state index is 0.0103. The minimum atomic E-state index is -4.44. The summed E-state index contributed by atoms with van der Waals surface area (Å²) in [6.45, 7) is 0. The normalized spacial score (nSPS) is 11.5. The summed E-state index contributed by atoms with van der Waals surface area (Å²) in [5.41, 5.74) is 0.804. The van der Waals surface area contributed by atoms with E-state index in [1.165, 1.54) is 63.8 Å². The van der Waals surface area contributed by atoms with Crippen molar-refractivity contribution in [3.63, 3.8) is 0 Å². The maximum absolute atomic E-state index is 12.8. The standard InChI is InChI=1S/C25H21F3O5/c1-31-22-12-15(13-23(32-2)24(22)33-3)4-10-20(29)19-14-17(7-11-21(19)30)16-5-8-18(9-6-16)25(26,27)28/h4-14,30H,1-3H3/b10-4+. The molecule has 172 valence electrons. The summed E-state index contributed by atoms with van der Waals surface area (Å²) < 4.78 is 54.2. The lowest BCUT2D eigenvalue weighted by atomic mass is 9.99. The number of rotatable bonds is 7. The molecule has 0 unspecified atom stereocenters. The van der Waals surface area contributed by atoms with Gasteiger partial charge in [0.05, 0.1) is 32.5 Å². The number of benzene rings is 3. The van der Waals surface area contributed by atoms with Crippen molar-refractivity contribution in [1.82, 2.24) is 0 Å². The van der Waals surface area contributed by atoms with Crippen molar-refractivity contribution >= 4 is 11.9 Å². The lowest BCUT2D eigenvalue weighted by Crippen LogP contribution is -2.04. The first kappa shape index (κ1) is 23.7. The Morgan fingerprint density at radius 1 is 0.848 bits per heavy atom. The van der Waals surface area contributed by atoms with Gasteiger partial charge in [-0.15, -0.1) is 0 Å². The summed E-state index contributed by atoms with van der Waals surface area (Å²) in [6, 6.07) is 12.2. The van der Waals surface area contributed by atoms with Crippen LogP contribution in [0, 0.1) is 0 Å². The van der Waals surface area contributed by atoms with Crippen LogP contribution < -0.4 is 14.2 Å². The second kappa shape index (κ2) is 9.68. The van der Waals surface area contributed by atoms with E-state index in [9.17, 15) is 23.1 Å². The Morgan fingerprint density at radius 3 is 1.94 bits per heavy atom. The second-order valence-electron chi connectivity index (χ2n) is 6.96. The van der Waals surface area contributed by atoms with Crippen LogP contribution in [0.15, 0.2) is 60.7 Å². The molecule has 33 heavy (non-hydrogen) atoms. The molecule has 8 heteroatoms. The molecular formula is C25H21F3O5. The Balaban J connectivity index is 1.90. The molecule has 5 nitrogen and oxygen atoms in total. The molecule has 3 rings (SSSR count). The first-order valence-electron chi connectivity index (χ1n) is 9.71. The second-order valence-corrected chi connectivity index (χ2v) is 6.96. The molecule has 0 radical (unpaired) electrons.